The summed E-state index contributed by atoms with van der Waals surface area (Å²) in [4.78, 5) is 12.4. The molecule has 0 aliphatic carbocycles. The van der Waals surface area contributed by atoms with Gasteiger partial charge in [0.05, 0.1) is 28.9 Å². The molecular weight excluding hydrogens is 352 g/mol. The van der Waals surface area contributed by atoms with Crippen LogP contribution >= 0.6 is 0 Å². The lowest BCUT2D eigenvalue weighted by atomic mass is 10.0. The molecule has 0 aromatic heterocycles. The zero-order chi connectivity index (χ0) is 18.7. The number of hydrogen-bond acceptors (Lipinski definition) is 5. The van der Waals surface area contributed by atoms with Crippen molar-refractivity contribution in [1.29, 1.82) is 0 Å². The van der Waals surface area contributed by atoms with Crippen molar-refractivity contribution in [3.8, 4) is 0 Å². The number of benzene rings is 2. The summed E-state index contributed by atoms with van der Waals surface area (Å²) >= 11 is 0. The normalized spacial score (nSPS) is 13.9. The lowest BCUT2D eigenvalue weighted by molar-refractivity contribution is 0.0601. The number of ether oxygens (including phenoxy) is 1. The summed E-state index contributed by atoms with van der Waals surface area (Å²) in [6.07, 6.45) is 2.72. The molecule has 2 aromatic rings. The first-order chi connectivity index (χ1) is 12.4. The van der Waals surface area contributed by atoms with E-state index < -0.39 is 16.0 Å². The van der Waals surface area contributed by atoms with Crippen molar-refractivity contribution in [3.05, 3.63) is 53.1 Å². The number of esters is 1. The quantitative estimate of drug-likeness (QED) is 0.802. The van der Waals surface area contributed by atoms with Gasteiger partial charge in [-0.15, -0.1) is 0 Å². The summed E-state index contributed by atoms with van der Waals surface area (Å²) in [7, 11) is -2.44. The van der Waals surface area contributed by atoms with E-state index in [1.807, 2.05) is 0 Å². The molecule has 3 rings (SSSR count). The first-order valence-corrected chi connectivity index (χ1v) is 9.98. The molecule has 6 nitrogen and oxygen atoms in total. The van der Waals surface area contributed by atoms with Gasteiger partial charge < -0.3 is 10.1 Å². The highest BCUT2D eigenvalue weighted by atomic mass is 32.2. The van der Waals surface area contributed by atoms with Crippen molar-refractivity contribution >= 4 is 27.4 Å². The number of anilines is 2. The van der Waals surface area contributed by atoms with Crippen LogP contribution in [-0.2, 0) is 21.2 Å². The Balaban J connectivity index is 2.04. The smallest absolute Gasteiger partial charge is 0.340 e. The number of carbonyl (C=O) groups is 1. The van der Waals surface area contributed by atoms with E-state index in [4.69, 9.17) is 4.74 Å². The summed E-state index contributed by atoms with van der Waals surface area (Å²) in [6, 6.07) is 10.1. The molecule has 2 aromatic carbocycles. The maximum atomic E-state index is 12.8. The molecule has 0 unspecified atom stereocenters. The van der Waals surface area contributed by atoms with E-state index in [2.05, 4.69) is 10.0 Å². The third-order valence-electron chi connectivity index (χ3n) is 4.44. The molecule has 0 amide bonds. The van der Waals surface area contributed by atoms with Gasteiger partial charge in [-0.1, -0.05) is 18.2 Å². The zero-order valence-electron chi connectivity index (χ0n) is 14.8. The number of methoxy groups -OCH3 is 1. The monoisotopic (exact) mass is 374 g/mol. The molecule has 1 aliphatic rings. The molecule has 1 heterocycles. The van der Waals surface area contributed by atoms with Gasteiger partial charge in [-0.25, -0.2) is 13.2 Å². The van der Waals surface area contributed by atoms with Gasteiger partial charge in [0.25, 0.3) is 10.0 Å². The minimum absolute atomic E-state index is 0.215. The Hall–Kier alpha value is -2.54. The summed E-state index contributed by atoms with van der Waals surface area (Å²) in [5, 5.41) is 3.26. The van der Waals surface area contributed by atoms with Crippen LogP contribution in [0.25, 0.3) is 0 Å². The van der Waals surface area contributed by atoms with E-state index in [1.165, 1.54) is 13.2 Å². The second kappa shape index (κ2) is 7.37. The summed E-state index contributed by atoms with van der Waals surface area (Å²) in [5.74, 6) is -0.493. The minimum Gasteiger partial charge on any atom is -0.465 e. The molecule has 0 fully saturated rings. The van der Waals surface area contributed by atoms with Crippen LogP contribution in [0.4, 0.5) is 11.4 Å². The van der Waals surface area contributed by atoms with Crippen molar-refractivity contribution in [2.75, 3.05) is 23.7 Å². The minimum atomic E-state index is -3.75. The SMILES string of the molecule is COC(=O)c1cc(NS(=O)(=O)c2ccccc2C)cc2c1NCCCC2. The van der Waals surface area contributed by atoms with Crippen LogP contribution in [0.3, 0.4) is 0 Å². The van der Waals surface area contributed by atoms with E-state index in [0.29, 0.717) is 16.8 Å². The number of carbonyl (C=O) groups excluding carboxylic acids is 1. The Morgan fingerprint density at radius 2 is 1.96 bits per heavy atom. The average Bonchev–Trinajstić information content (AvgIpc) is 2.85. The third kappa shape index (κ3) is 3.67. The molecule has 7 heteroatoms. The Morgan fingerprint density at radius 1 is 1.19 bits per heavy atom. The molecule has 26 heavy (non-hydrogen) atoms. The fraction of sp³-hybridized carbons (Fsp3) is 0.316. The molecule has 2 N–H and O–H groups in total. The van der Waals surface area contributed by atoms with Gasteiger partial charge in [-0.2, -0.15) is 0 Å². The van der Waals surface area contributed by atoms with Gasteiger partial charge in [0.1, 0.15) is 0 Å². The van der Waals surface area contributed by atoms with Gasteiger partial charge in [-0.05, 0) is 55.5 Å². The predicted molar refractivity (Wildman–Crippen MR) is 101 cm³/mol. The van der Waals surface area contributed by atoms with Crippen molar-refractivity contribution < 1.29 is 17.9 Å². The van der Waals surface area contributed by atoms with Crippen LogP contribution < -0.4 is 10.0 Å². The lowest BCUT2D eigenvalue weighted by Crippen LogP contribution is -2.16. The van der Waals surface area contributed by atoms with Gasteiger partial charge in [-0.3, -0.25) is 4.72 Å². The highest BCUT2D eigenvalue weighted by Gasteiger charge is 2.22. The van der Waals surface area contributed by atoms with E-state index >= 15 is 0 Å². The first-order valence-electron chi connectivity index (χ1n) is 8.50. The summed E-state index contributed by atoms with van der Waals surface area (Å²) < 4.78 is 33.0. The van der Waals surface area contributed by atoms with Crippen molar-refractivity contribution in [3.63, 3.8) is 0 Å². The number of fused-ring (bicyclic) bond motifs is 1. The molecule has 0 spiro atoms. The number of sulfonamides is 1. The van der Waals surface area contributed by atoms with Crippen LogP contribution in [0, 0.1) is 6.92 Å². The fourth-order valence-corrected chi connectivity index (χ4v) is 4.45. The number of aryl methyl sites for hydroxylation is 2. The first kappa shape index (κ1) is 18.3. The predicted octanol–water partition coefficient (Wildman–Crippen LogP) is 3.33. The largest absolute Gasteiger partial charge is 0.465 e. The van der Waals surface area contributed by atoms with Crippen LogP contribution in [-0.4, -0.2) is 28.0 Å². The molecular formula is C19H22N2O4S. The van der Waals surface area contributed by atoms with Crippen molar-refractivity contribution in [1.82, 2.24) is 0 Å². The summed E-state index contributed by atoms with van der Waals surface area (Å²) in [5.41, 5.74) is 3.00. The Kier molecular flexibility index (Phi) is 5.18. The van der Waals surface area contributed by atoms with Gasteiger partial charge >= 0.3 is 5.97 Å². The molecule has 0 atom stereocenters. The Labute approximate surface area is 153 Å². The standard InChI is InChI=1S/C19H22N2O4S/c1-13-7-3-4-9-17(13)26(23,24)21-15-11-14-8-5-6-10-20-18(14)16(12-15)19(22)25-2/h3-4,7,9,11-12,20-21H,5-6,8,10H2,1-2H3. The number of rotatable bonds is 4. The maximum Gasteiger partial charge on any atom is 0.340 e. The van der Waals surface area contributed by atoms with Crippen molar-refractivity contribution in [2.24, 2.45) is 0 Å². The van der Waals surface area contributed by atoms with E-state index in [1.54, 1.807) is 37.3 Å². The molecule has 138 valence electrons. The highest BCUT2D eigenvalue weighted by Crippen LogP contribution is 2.31. The highest BCUT2D eigenvalue weighted by molar-refractivity contribution is 7.92. The average molecular weight is 374 g/mol. The van der Waals surface area contributed by atoms with E-state index in [0.717, 1.165) is 37.1 Å². The maximum absolute atomic E-state index is 12.8. The van der Waals surface area contributed by atoms with Crippen LogP contribution in [0.1, 0.15) is 34.3 Å². The fourth-order valence-electron chi connectivity index (χ4n) is 3.16. The topological polar surface area (TPSA) is 84.5 Å². The second-order valence-electron chi connectivity index (χ2n) is 6.30. The number of nitrogens with one attached hydrogen (secondary N) is 2. The Morgan fingerprint density at radius 3 is 2.69 bits per heavy atom. The molecule has 0 bridgehead atoms. The molecule has 0 saturated carbocycles. The zero-order valence-corrected chi connectivity index (χ0v) is 15.7. The van der Waals surface area contributed by atoms with E-state index in [9.17, 15) is 13.2 Å². The van der Waals surface area contributed by atoms with E-state index in [-0.39, 0.29) is 4.90 Å². The summed E-state index contributed by atoms with van der Waals surface area (Å²) in [6.45, 7) is 2.51. The molecule has 0 saturated heterocycles. The van der Waals surface area contributed by atoms with Crippen LogP contribution in [0.5, 0.6) is 0 Å². The third-order valence-corrected chi connectivity index (χ3v) is 5.98. The van der Waals surface area contributed by atoms with Crippen molar-refractivity contribution in [2.45, 2.75) is 31.1 Å². The van der Waals surface area contributed by atoms with Crippen LogP contribution in [0.15, 0.2) is 41.3 Å². The number of hydrogen-bond donors (Lipinski definition) is 2. The van der Waals surface area contributed by atoms with Gasteiger partial charge in [0.15, 0.2) is 0 Å². The molecule has 1 aliphatic heterocycles. The van der Waals surface area contributed by atoms with Gasteiger partial charge in [0.2, 0.25) is 0 Å². The lowest BCUT2D eigenvalue weighted by Gasteiger charge is -2.16. The van der Waals surface area contributed by atoms with Gasteiger partial charge in [0, 0.05) is 6.54 Å². The molecule has 0 radical (unpaired) electrons. The Bertz CT molecular complexity index is 939. The van der Waals surface area contributed by atoms with Crippen LogP contribution in [0.2, 0.25) is 0 Å². The second-order valence-corrected chi connectivity index (χ2v) is 7.96.